The van der Waals surface area contributed by atoms with Gasteiger partial charge in [-0.3, -0.25) is 9.36 Å². The summed E-state index contributed by atoms with van der Waals surface area (Å²) in [6.45, 7) is 0.753. The first-order chi connectivity index (χ1) is 18.1. The van der Waals surface area contributed by atoms with Gasteiger partial charge in [-0.05, 0) is 29.3 Å². The first kappa shape index (κ1) is 23.0. The van der Waals surface area contributed by atoms with Crippen LogP contribution >= 0.6 is 11.6 Å². The maximum Gasteiger partial charge on any atom is 0.262 e. The van der Waals surface area contributed by atoms with E-state index < -0.39 is 0 Å². The lowest BCUT2D eigenvalue weighted by Gasteiger charge is -2.14. The fourth-order valence-corrected chi connectivity index (χ4v) is 4.66. The van der Waals surface area contributed by atoms with Crippen LogP contribution < -0.4 is 15.0 Å². The summed E-state index contributed by atoms with van der Waals surface area (Å²) in [5, 5.41) is 5.69. The van der Waals surface area contributed by atoms with E-state index >= 15 is 0 Å². The molecule has 3 heterocycles. The molecule has 0 atom stereocenters. The van der Waals surface area contributed by atoms with E-state index in [0.29, 0.717) is 56.9 Å². The molecule has 0 bridgehead atoms. The van der Waals surface area contributed by atoms with E-state index in [-0.39, 0.29) is 12.1 Å². The van der Waals surface area contributed by atoms with Crippen LogP contribution in [-0.4, -0.2) is 39.3 Å². The van der Waals surface area contributed by atoms with Gasteiger partial charge in [0.15, 0.2) is 17.3 Å². The SMILES string of the molecule is COc1cc2nc3n(c(=O)c2cc1OC)CC(c1ccc(Cl)cc1)=Nc1c-3cnn1Cc1ccccc1. The van der Waals surface area contributed by atoms with Crippen LogP contribution in [0.25, 0.3) is 22.3 Å². The molecular formula is C28H22ClN5O3. The monoisotopic (exact) mass is 511 g/mol. The van der Waals surface area contributed by atoms with Crippen molar-refractivity contribution in [3.05, 3.63) is 99.4 Å². The van der Waals surface area contributed by atoms with Gasteiger partial charge in [0, 0.05) is 11.1 Å². The fourth-order valence-electron chi connectivity index (χ4n) is 4.54. The number of ether oxygens (including phenoxy) is 2. The molecule has 5 aromatic rings. The van der Waals surface area contributed by atoms with Crippen molar-refractivity contribution in [3.8, 4) is 22.9 Å². The van der Waals surface area contributed by atoms with Gasteiger partial charge in [-0.2, -0.15) is 5.10 Å². The van der Waals surface area contributed by atoms with Crippen LogP contribution in [0.4, 0.5) is 5.82 Å². The van der Waals surface area contributed by atoms with E-state index in [9.17, 15) is 4.79 Å². The molecule has 0 N–H and O–H groups in total. The van der Waals surface area contributed by atoms with Crippen molar-refractivity contribution in [2.75, 3.05) is 14.2 Å². The van der Waals surface area contributed by atoms with Crippen molar-refractivity contribution in [1.29, 1.82) is 0 Å². The summed E-state index contributed by atoms with van der Waals surface area (Å²) in [6.07, 6.45) is 1.72. The molecule has 2 aromatic heterocycles. The molecule has 37 heavy (non-hydrogen) atoms. The minimum absolute atomic E-state index is 0.203. The van der Waals surface area contributed by atoms with Crippen LogP contribution in [0.3, 0.4) is 0 Å². The quantitative estimate of drug-likeness (QED) is 0.327. The molecule has 0 radical (unpaired) electrons. The molecule has 1 aliphatic heterocycles. The van der Waals surface area contributed by atoms with E-state index in [2.05, 4.69) is 5.10 Å². The third-order valence-electron chi connectivity index (χ3n) is 6.41. The number of rotatable bonds is 5. The Morgan fingerprint density at radius 1 is 0.973 bits per heavy atom. The molecule has 0 saturated heterocycles. The van der Waals surface area contributed by atoms with Crippen LogP contribution in [0.1, 0.15) is 11.1 Å². The molecule has 0 saturated carbocycles. The molecule has 9 heteroatoms. The Labute approximate surface area is 217 Å². The number of benzene rings is 3. The van der Waals surface area contributed by atoms with Gasteiger partial charge in [0.05, 0.1) is 55.7 Å². The van der Waals surface area contributed by atoms with Gasteiger partial charge in [0.25, 0.3) is 5.56 Å². The Bertz CT molecular complexity index is 1720. The number of methoxy groups -OCH3 is 2. The van der Waals surface area contributed by atoms with Crippen LogP contribution in [0.5, 0.6) is 11.5 Å². The normalized spacial score (nSPS) is 12.5. The van der Waals surface area contributed by atoms with Crippen molar-refractivity contribution in [1.82, 2.24) is 19.3 Å². The summed E-state index contributed by atoms with van der Waals surface area (Å²) in [6, 6.07) is 20.8. The molecule has 6 rings (SSSR count). The highest BCUT2D eigenvalue weighted by atomic mass is 35.5. The number of halogens is 1. The molecule has 0 aliphatic carbocycles. The first-order valence-electron chi connectivity index (χ1n) is 11.7. The summed E-state index contributed by atoms with van der Waals surface area (Å²) >= 11 is 6.15. The van der Waals surface area contributed by atoms with Gasteiger partial charge in [0.1, 0.15) is 5.82 Å². The molecule has 0 fully saturated rings. The van der Waals surface area contributed by atoms with E-state index in [4.69, 9.17) is 31.1 Å². The van der Waals surface area contributed by atoms with Crippen molar-refractivity contribution >= 4 is 34.0 Å². The number of fused-ring (bicyclic) bond motifs is 4. The molecule has 3 aromatic carbocycles. The average Bonchev–Trinajstić information content (AvgIpc) is 3.22. The number of aliphatic imine (C=N–C) groups is 1. The van der Waals surface area contributed by atoms with Gasteiger partial charge in [-0.15, -0.1) is 0 Å². The summed E-state index contributed by atoms with van der Waals surface area (Å²) in [5.41, 5.74) is 3.62. The van der Waals surface area contributed by atoms with Gasteiger partial charge in [-0.1, -0.05) is 54.1 Å². The van der Waals surface area contributed by atoms with Crippen LogP contribution in [-0.2, 0) is 13.1 Å². The summed E-state index contributed by atoms with van der Waals surface area (Å²) in [4.78, 5) is 23.8. The Balaban J connectivity index is 1.60. The van der Waals surface area contributed by atoms with E-state index in [0.717, 1.165) is 11.1 Å². The standard InChI is InChI=1S/C28H22ClN5O3/c1-36-24-12-20-22(13-25(24)37-2)31-26-21-14-30-34(15-17-6-4-3-5-7-17)27(21)32-23(16-33(26)28(20)35)18-8-10-19(29)11-9-18/h3-14H,15-16H2,1-2H3. The summed E-state index contributed by atoms with van der Waals surface area (Å²) in [5.74, 6) is 2.09. The molecule has 0 unspecified atom stereocenters. The lowest BCUT2D eigenvalue weighted by atomic mass is 10.1. The Morgan fingerprint density at radius 3 is 2.43 bits per heavy atom. The molecule has 1 aliphatic rings. The molecular weight excluding hydrogens is 490 g/mol. The zero-order valence-electron chi connectivity index (χ0n) is 20.2. The highest BCUT2D eigenvalue weighted by Crippen LogP contribution is 2.35. The second-order valence-electron chi connectivity index (χ2n) is 8.64. The van der Waals surface area contributed by atoms with E-state index in [1.54, 1.807) is 30.0 Å². The number of hydrogen-bond acceptors (Lipinski definition) is 6. The maximum atomic E-state index is 13.9. The maximum absolute atomic E-state index is 13.9. The fraction of sp³-hybridized carbons (Fsp3) is 0.143. The van der Waals surface area contributed by atoms with Gasteiger partial charge in [0.2, 0.25) is 0 Å². The first-order valence-corrected chi connectivity index (χ1v) is 12.0. The van der Waals surface area contributed by atoms with Gasteiger partial charge < -0.3 is 9.47 Å². The second kappa shape index (κ2) is 9.22. The Kier molecular flexibility index (Phi) is 5.73. The lowest BCUT2D eigenvalue weighted by molar-refractivity contribution is 0.355. The zero-order chi connectivity index (χ0) is 25.5. The zero-order valence-corrected chi connectivity index (χ0v) is 20.9. The third kappa shape index (κ3) is 4.05. The van der Waals surface area contributed by atoms with Crippen molar-refractivity contribution in [2.24, 2.45) is 4.99 Å². The predicted octanol–water partition coefficient (Wildman–Crippen LogP) is 5.11. The van der Waals surface area contributed by atoms with Crippen LogP contribution in [0.15, 0.2) is 82.7 Å². The minimum atomic E-state index is -0.203. The van der Waals surface area contributed by atoms with Crippen molar-refractivity contribution in [2.45, 2.75) is 13.1 Å². The van der Waals surface area contributed by atoms with Crippen molar-refractivity contribution in [3.63, 3.8) is 0 Å². The lowest BCUT2D eigenvalue weighted by Crippen LogP contribution is -2.26. The number of aromatic nitrogens is 4. The number of nitrogens with zero attached hydrogens (tertiary/aromatic N) is 5. The smallest absolute Gasteiger partial charge is 0.262 e. The van der Waals surface area contributed by atoms with E-state index in [1.165, 1.54) is 7.11 Å². The van der Waals surface area contributed by atoms with Gasteiger partial charge >= 0.3 is 0 Å². The summed E-state index contributed by atoms with van der Waals surface area (Å²) < 4.78 is 14.4. The Morgan fingerprint density at radius 2 is 1.70 bits per heavy atom. The molecule has 0 spiro atoms. The van der Waals surface area contributed by atoms with Crippen LogP contribution in [0.2, 0.25) is 5.02 Å². The van der Waals surface area contributed by atoms with E-state index in [1.807, 2.05) is 59.3 Å². The average molecular weight is 512 g/mol. The third-order valence-corrected chi connectivity index (χ3v) is 6.67. The van der Waals surface area contributed by atoms with Gasteiger partial charge in [-0.25, -0.2) is 14.7 Å². The molecule has 0 amide bonds. The molecule has 8 nitrogen and oxygen atoms in total. The summed E-state index contributed by atoms with van der Waals surface area (Å²) in [7, 11) is 3.09. The Hall–Kier alpha value is -4.43. The highest BCUT2D eigenvalue weighted by molar-refractivity contribution is 6.30. The molecule has 184 valence electrons. The highest BCUT2D eigenvalue weighted by Gasteiger charge is 2.25. The largest absolute Gasteiger partial charge is 0.493 e. The second-order valence-corrected chi connectivity index (χ2v) is 9.08. The predicted molar refractivity (Wildman–Crippen MR) is 144 cm³/mol. The number of hydrogen-bond donors (Lipinski definition) is 0. The minimum Gasteiger partial charge on any atom is -0.493 e. The topological polar surface area (TPSA) is 83.5 Å². The van der Waals surface area contributed by atoms with Crippen molar-refractivity contribution < 1.29 is 9.47 Å². The van der Waals surface area contributed by atoms with Crippen LogP contribution in [0, 0.1) is 0 Å².